The lowest BCUT2D eigenvalue weighted by atomic mass is 9.70. The monoisotopic (exact) mass is 875 g/mol. The number of aryl methyl sites for hydroxylation is 1. The predicted octanol–water partition coefficient (Wildman–Crippen LogP) is 5.57. The molecule has 4 saturated heterocycles. The molecular weight excluding hydrogens is 824 g/mol. The fourth-order valence-electron chi connectivity index (χ4n) is 9.84. The van der Waals surface area contributed by atoms with E-state index in [1.807, 2.05) is 37.3 Å². The van der Waals surface area contributed by atoms with Gasteiger partial charge in [-0.25, -0.2) is 18.3 Å². The quantitative estimate of drug-likeness (QED) is 0.176. The predicted molar refractivity (Wildman–Crippen MR) is 235 cm³/mol. The number of hydrogen-bond donors (Lipinski definition) is 2. The molecule has 5 aliphatic rings. The average Bonchev–Trinajstić information content (AvgIpc) is 3.31. The third-order valence-corrected chi connectivity index (χ3v) is 13.8. The van der Waals surface area contributed by atoms with Gasteiger partial charge in [-0.3, -0.25) is 29.0 Å². The second kappa shape index (κ2) is 17.9. The number of H-pyrrole nitrogens is 1. The van der Waals surface area contributed by atoms with Crippen LogP contribution in [0.1, 0.15) is 70.1 Å². The Morgan fingerprint density at radius 2 is 1.42 bits per heavy atom. The molecule has 0 atom stereocenters. The van der Waals surface area contributed by atoms with E-state index >= 15 is 13.2 Å². The molecule has 2 bridgehead atoms. The van der Waals surface area contributed by atoms with E-state index in [9.17, 15) is 19.2 Å². The van der Waals surface area contributed by atoms with Gasteiger partial charge in [0.25, 0.3) is 17.4 Å². The molecule has 10 rings (SSSR count). The number of hydrogen-bond acceptors (Lipinski definition) is 8. The van der Waals surface area contributed by atoms with Gasteiger partial charge in [0, 0.05) is 70.7 Å². The Bertz CT molecular complexity index is 2610. The normalized spacial score (nSPS) is 21.6. The van der Waals surface area contributed by atoms with Crippen LogP contribution in [-0.2, 0) is 22.4 Å². The summed E-state index contributed by atoms with van der Waals surface area (Å²) in [4.78, 5) is 60.4. The Balaban J connectivity index is 0.719. The highest BCUT2D eigenvalue weighted by molar-refractivity contribution is 5.96. The number of ether oxygens (including phenoxy) is 1. The summed E-state index contributed by atoms with van der Waals surface area (Å²) < 4.78 is 52.2. The first-order valence-corrected chi connectivity index (χ1v) is 22.2. The average molecular weight is 876 g/mol. The van der Waals surface area contributed by atoms with Gasteiger partial charge < -0.3 is 19.9 Å². The topological polar surface area (TPSA) is 131 Å². The van der Waals surface area contributed by atoms with E-state index in [0.29, 0.717) is 91.4 Å². The van der Waals surface area contributed by atoms with Crippen molar-refractivity contribution in [2.24, 2.45) is 0 Å². The van der Waals surface area contributed by atoms with E-state index in [-0.39, 0.29) is 48.9 Å². The number of piperazine rings is 2. The Morgan fingerprint density at radius 1 is 0.734 bits per heavy atom. The Morgan fingerprint density at radius 3 is 2.11 bits per heavy atom. The Labute approximate surface area is 369 Å². The van der Waals surface area contributed by atoms with Crippen molar-refractivity contribution >= 4 is 28.5 Å². The lowest BCUT2D eigenvalue weighted by molar-refractivity contribution is -0.170. The minimum atomic E-state index is -0.895. The first-order valence-electron chi connectivity index (χ1n) is 22.2. The minimum Gasteiger partial charge on any atom is -0.371 e. The number of benzene rings is 4. The minimum absolute atomic E-state index is 0.00769. The SMILES string of the molecule is CCc1cccc(-c2cc(F)c(C(=O)NC34CCC(CN5CCN(CC(=O)N6CCN(C(=O)c7cc(Cc8n[nH]c(=O)c9ccccc89)ccc7F)CC6)CC5)(CC3)OC4)c(F)c2)c1. The third kappa shape index (κ3) is 8.93. The molecule has 15 heteroatoms. The van der Waals surface area contributed by atoms with Crippen LogP contribution in [0.25, 0.3) is 21.9 Å². The third-order valence-electron chi connectivity index (χ3n) is 13.8. The second-order valence-corrected chi connectivity index (χ2v) is 17.8. The summed E-state index contributed by atoms with van der Waals surface area (Å²) in [6.07, 6.45) is 3.80. The van der Waals surface area contributed by atoms with Crippen LogP contribution >= 0.6 is 0 Å². The number of carbonyl (C=O) groups is 3. The van der Waals surface area contributed by atoms with E-state index in [2.05, 4.69) is 25.3 Å². The van der Waals surface area contributed by atoms with E-state index < -0.39 is 40.4 Å². The fourth-order valence-corrected chi connectivity index (χ4v) is 9.84. The van der Waals surface area contributed by atoms with Gasteiger partial charge in [0.1, 0.15) is 23.0 Å². The number of carbonyl (C=O) groups excluding carboxylic acids is 3. The van der Waals surface area contributed by atoms with E-state index in [1.165, 1.54) is 18.2 Å². The number of fused-ring (bicyclic) bond motifs is 4. The van der Waals surface area contributed by atoms with Crippen molar-refractivity contribution < 1.29 is 32.3 Å². The van der Waals surface area contributed by atoms with Gasteiger partial charge in [0.15, 0.2) is 0 Å². The lowest BCUT2D eigenvalue weighted by Crippen LogP contribution is -2.66. The Hall–Kier alpha value is -5.90. The molecule has 4 aromatic carbocycles. The highest BCUT2D eigenvalue weighted by atomic mass is 19.1. The summed E-state index contributed by atoms with van der Waals surface area (Å²) in [5.41, 5.74) is 1.45. The van der Waals surface area contributed by atoms with Crippen LogP contribution in [-0.4, -0.2) is 131 Å². The highest BCUT2D eigenvalue weighted by Gasteiger charge is 2.51. The molecule has 1 aliphatic carbocycles. The van der Waals surface area contributed by atoms with E-state index in [4.69, 9.17) is 4.74 Å². The smallest absolute Gasteiger partial charge is 0.272 e. The summed E-state index contributed by atoms with van der Waals surface area (Å²) in [5, 5.41) is 10.9. The number of amides is 3. The maximum Gasteiger partial charge on any atom is 0.272 e. The summed E-state index contributed by atoms with van der Waals surface area (Å²) in [5.74, 6) is -3.62. The molecule has 2 N–H and O–H groups in total. The van der Waals surface area contributed by atoms with Gasteiger partial charge in [-0.15, -0.1) is 0 Å². The van der Waals surface area contributed by atoms with E-state index in [0.717, 1.165) is 31.6 Å². The van der Waals surface area contributed by atoms with Gasteiger partial charge >= 0.3 is 0 Å². The van der Waals surface area contributed by atoms with E-state index in [1.54, 1.807) is 40.1 Å². The van der Waals surface area contributed by atoms with Crippen LogP contribution in [0.3, 0.4) is 0 Å². The molecule has 4 aliphatic heterocycles. The number of nitrogens with zero attached hydrogens (tertiary/aromatic N) is 5. The van der Waals surface area contributed by atoms with Crippen LogP contribution in [0.15, 0.2) is 83.7 Å². The molecule has 5 fully saturated rings. The molecule has 0 radical (unpaired) electrons. The molecule has 64 heavy (non-hydrogen) atoms. The molecule has 5 heterocycles. The molecule has 1 saturated carbocycles. The van der Waals surface area contributed by atoms with Crippen molar-refractivity contribution in [2.75, 3.05) is 72.1 Å². The largest absolute Gasteiger partial charge is 0.371 e. The van der Waals surface area contributed by atoms with Crippen molar-refractivity contribution in [1.82, 2.24) is 35.1 Å². The number of rotatable bonds is 11. The molecule has 1 aromatic heterocycles. The molecule has 3 amide bonds. The summed E-state index contributed by atoms with van der Waals surface area (Å²) in [7, 11) is 0. The van der Waals surface area contributed by atoms with Crippen LogP contribution in [0.5, 0.6) is 0 Å². The first kappa shape index (κ1) is 43.4. The molecular formula is C49H52F3N7O5. The number of halogens is 3. The maximum absolute atomic E-state index is 15.3. The summed E-state index contributed by atoms with van der Waals surface area (Å²) in [6.45, 7) is 7.50. The highest BCUT2D eigenvalue weighted by Crippen LogP contribution is 2.44. The van der Waals surface area contributed by atoms with Crippen molar-refractivity contribution in [2.45, 2.75) is 56.6 Å². The van der Waals surface area contributed by atoms with Crippen molar-refractivity contribution in [3.05, 3.63) is 135 Å². The zero-order valence-corrected chi connectivity index (χ0v) is 35.9. The zero-order chi connectivity index (χ0) is 44.6. The van der Waals surface area contributed by atoms with Crippen LogP contribution in [0.2, 0.25) is 0 Å². The number of nitrogens with one attached hydrogen (secondary N) is 2. The van der Waals surface area contributed by atoms with Crippen molar-refractivity contribution in [1.29, 1.82) is 0 Å². The lowest BCUT2D eigenvalue weighted by Gasteiger charge is -2.54. The fraction of sp³-hybridized carbons (Fsp3) is 0.408. The first-order chi connectivity index (χ1) is 30.9. The van der Waals surface area contributed by atoms with Gasteiger partial charge in [-0.1, -0.05) is 55.5 Å². The van der Waals surface area contributed by atoms with Crippen LogP contribution in [0.4, 0.5) is 13.2 Å². The Kier molecular flexibility index (Phi) is 12.1. The summed E-state index contributed by atoms with van der Waals surface area (Å²) in [6, 6.07) is 21.5. The van der Waals surface area contributed by atoms with Gasteiger partial charge in [-0.05, 0) is 84.7 Å². The zero-order valence-electron chi connectivity index (χ0n) is 35.9. The van der Waals surface area contributed by atoms with Crippen LogP contribution < -0.4 is 10.9 Å². The summed E-state index contributed by atoms with van der Waals surface area (Å²) >= 11 is 0. The molecule has 0 unspecified atom stereocenters. The van der Waals surface area contributed by atoms with Crippen molar-refractivity contribution in [3.8, 4) is 11.1 Å². The molecule has 12 nitrogen and oxygen atoms in total. The number of aromatic amines is 1. The molecule has 5 aromatic rings. The maximum atomic E-state index is 15.3. The standard InChI is InChI=1S/C49H52F3N7O5/c1-2-32-6-5-7-34(24-32)35-27-40(51)44(41(52)28-35)46(62)53-48-12-14-49(15-13-48,64-31-48)30-57-18-16-56(17-19-57)29-43(60)58-20-22-59(23-21-58)47(63)38-25-33(10-11-39(38)50)26-42-36-8-3-4-9-37(36)45(61)55-54-42/h3-11,24-25,27-28H,2,12-23,26,29-31H2,1H3,(H,53,62)(H,55,61). The second-order valence-electron chi connectivity index (χ2n) is 17.8. The van der Waals surface area contributed by atoms with Gasteiger partial charge in [0.05, 0.1) is 40.9 Å². The molecule has 0 spiro atoms. The van der Waals surface area contributed by atoms with Crippen molar-refractivity contribution in [3.63, 3.8) is 0 Å². The van der Waals surface area contributed by atoms with Gasteiger partial charge in [-0.2, -0.15) is 5.10 Å². The number of aromatic nitrogens is 2. The molecule has 334 valence electrons. The van der Waals surface area contributed by atoms with Crippen LogP contribution in [0, 0.1) is 17.5 Å². The van der Waals surface area contributed by atoms with Gasteiger partial charge in [0.2, 0.25) is 5.91 Å².